The molecule has 4 rings (SSSR count). The number of likely N-dealkylation sites (tertiary alicyclic amines) is 1. The number of rotatable bonds is 3. The Morgan fingerprint density at radius 2 is 2.20 bits per heavy atom. The largest absolute Gasteiger partial charge is 0.385 e. The van der Waals surface area contributed by atoms with Gasteiger partial charge in [-0.1, -0.05) is 0 Å². The number of aliphatic hydroxyl groups is 1. The summed E-state index contributed by atoms with van der Waals surface area (Å²) in [7, 11) is 1.88. The van der Waals surface area contributed by atoms with Crippen molar-refractivity contribution in [3.05, 3.63) is 35.2 Å². The van der Waals surface area contributed by atoms with E-state index in [2.05, 4.69) is 15.2 Å². The Labute approximate surface area is 147 Å². The SMILES string of the molecule is Cn1ccnc1C(O)C1CCCN(C(=O)c2n[nH]c3c2CCCC3)C1. The minimum atomic E-state index is -0.649. The van der Waals surface area contributed by atoms with Gasteiger partial charge in [-0.2, -0.15) is 5.10 Å². The van der Waals surface area contributed by atoms with Crippen molar-refractivity contribution in [2.45, 2.75) is 44.6 Å². The van der Waals surface area contributed by atoms with E-state index in [1.54, 1.807) is 6.20 Å². The molecule has 2 aromatic rings. The number of hydrogen-bond acceptors (Lipinski definition) is 4. The van der Waals surface area contributed by atoms with Crippen LogP contribution in [0.5, 0.6) is 0 Å². The number of H-pyrrole nitrogens is 1. The van der Waals surface area contributed by atoms with E-state index in [9.17, 15) is 9.90 Å². The van der Waals surface area contributed by atoms with Gasteiger partial charge in [-0.3, -0.25) is 9.89 Å². The normalized spacial score (nSPS) is 21.8. The van der Waals surface area contributed by atoms with E-state index in [0.29, 0.717) is 18.1 Å². The van der Waals surface area contributed by atoms with Gasteiger partial charge in [-0.25, -0.2) is 4.98 Å². The van der Waals surface area contributed by atoms with Crippen molar-refractivity contribution < 1.29 is 9.90 Å². The molecule has 0 bridgehead atoms. The van der Waals surface area contributed by atoms with Crippen LogP contribution in [0.4, 0.5) is 0 Å². The summed E-state index contributed by atoms with van der Waals surface area (Å²) in [5.41, 5.74) is 2.81. The van der Waals surface area contributed by atoms with Crippen molar-refractivity contribution >= 4 is 5.91 Å². The summed E-state index contributed by atoms with van der Waals surface area (Å²) in [6.45, 7) is 1.28. The second-order valence-electron chi connectivity index (χ2n) is 7.23. The third-order valence-electron chi connectivity index (χ3n) is 5.57. The Kier molecular flexibility index (Phi) is 4.33. The average molecular weight is 343 g/mol. The molecule has 1 fully saturated rings. The van der Waals surface area contributed by atoms with Crippen molar-refractivity contribution in [3.63, 3.8) is 0 Å². The van der Waals surface area contributed by atoms with E-state index in [1.807, 2.05) is 22.7 Å². The molecule has 1 amide bonds. The Hall–Kier alpha value is -2.15. The lowest BCUT2D eigenvalue weighted by atomic mass is 9.91. The zero-order valence-corrected chi connectivity index (χ0v) is 14.6. The van der Waals surface area contributed by atoms with Crippen LogP contribution >= 0.6 is 0 Å². The van der Waals surface area contributed by atoms with Crippen LogP contribution in [0.3, 0.4) is 0 Å². The maximum absolute atomic E-state index is 13.0. The van der Waals surface area contributed by atoms with Gasteiger partial charge in [-0.15, -0.1) is 0 Å². The predicted octanol–water partition coefficient (Wildman–Crippen LogP) is 1.61. The number of carbonyl (C=O) groups excluding carboxylic acids is 1. The molecule has 3 heterocycles. The molecule has 0 saturated carbocycles. The number of aryl methyl sites for hydroxylation is 2. The molecule has 2 atom stereocenters. The topological polar surface area (TPSA) is 87.0 Å². The average Bonchev–Trinajstić information content (AvgIpc) is 3.27. The van der Waals surface area contributed by atoms with Crippen LogP contribution in [-0.4, -0.2) is 48.8 Å². The maximum atomic E-state index is 13.0. The Balaban J connectivity index is 1.50. The second-order valence-corrected chi connectivity index (χ2v) is 7.23. The van der Waals surface area contributed by atoms with E-state index in [-0.39, 0.29) is 11.8 Å². The number of hydrogen-bond donors (Lipinski definition) is 2. The monoisotopic (exact) mass is 343 g/mol. The van der Waals surface area contributed by atoms with Gasteiger partial charge >= 0.3 is 0 Å². The molecular formula is C18H25N5O2. The number of carbonyl (C=O) groups is 1. The summed E-state index contributed by atoms with van der Waals surface area (Å²) in [5, 5.41) is 18.1. The molecule has 1 aliphatic carbocycles. The number of aliphatic hydroxyl groups excluding tert-OH is 1. The highest BCUT2D eigenvalue weighted by Gasteiger charge is 2.33. The standard InChI is InChI=1S/C18H25N5O2/c1-22-10-8-19-17(22)16(24)12-5-4-9-23(11-12)18(25)15-13-6-2-3-7-14(13)20-21-15/h8,10,12,16,24H,2-7,9,11H2,1H3,(H,20,21). The highest BCUT2D eigenvalue weighted by Crippen LogP contribution is 2.30. The van der Waals surface area contributed by atoms with E-state index < -0.39 is 6.10 Å². The quantitative estimate of drug-likeness (QED) is 0.886. The molecule has 1 saturated heterocycles. The first-order valence-corrected chi connectivity index (χ1v) is 9.16. The molecule has 2 aliphatic rings. The maximum Gasteiger partial charge on any atom is 0.274 e. The second kappa shape index (κ2) is 6.63. The number of nitrogens with one attached hydrogen (secondary N) is 1. The molecule has 1 aliphatic heterocycles. The van der Waals surface area contributed by atoms with Crippen LogP contribution in [0.1, 0.15) is 59.4 Å². The van der Waals surface area contributed by atoms with Crippen LogP contribution < -0.4 is 0 Å². The molecular weight excluding hydrogens is 318 g/mol. The number of aromatic nitrogens is 4. The van der Waals surface area contributed by atoms with Crippen molar-refractivity contribution in [2.75, 3.05) is 13.1 Å². The Bertz CT molecular complexity index is 765. The predicted molar refractivity (Wildman–Crippen MR) is 92.0 cm³/mol. The summed E-state index contributed by atoms with van der Waals surface area (Å²) in [4.78, 5) is 19.1. The Morgan fingerprint density at radius 3 is 3.00 bits per heavy atom. The molecule has 134 valence electrons. The summed E-state index contributed by atoms with van der Waals surface area (Å²) >= 11 is 0. The smallest absolute Gasteiger partial charge is 0.274 e. The van der Waals surface area contributed by atoms with Crippen LogP contribution in [-0.2, 0) is 19.9 Å². The first-order chi connectivity index (χ1) is 12.1. The zero-order valence-electron chi connectivity index (χ0n) is 14.6. The minimum absolute atomic E-state index is 0.00357. The van der Waals surface area contributed by atoms with Crippen LogP contribution in [0.15, 0.2) is 12.4 Å². The zero-order chi connectivity index (χ0) is 17.4. The van der Waals surface area contributed by atoms with Gasteiger partial charge in [0.15, 0.2) is 5.69 Å². The van der Waals surface area contributed by atoms with Crippen molar-refractivity contribution in [2.24, 2.45) is 13.0 Å². The molecule has 2 aromatic heterocycles. The van der Waals surface area contributed by atoms with Gasteiger partial charge in [0.25, 0.3) is 5.91 Å². The molecule has 0 aromatic carbocycles. The van der Waals surface area contributed by atoms with Gasteiger partial charge < -0.3 is 14.6 Å². The molecule has 0 spiro atoms. The number of nitrogens with zero attached hydrogens (tertiary/aromatic N) is 4. The van der Waals surface area contributed by atoms with Gasteiger partial charge in [-0.05, 0) is 38.5 Å². The summed E-state index contributed by atoms with van der Waals surface area (Å²) < 4.78 is 1.84. The number of imidazole rings is 1. The van der Waals surface area contributed by atoms with Crippen LogP contribution in [0, 0.1) is 5.92 Å². The molecule has 25 heavy (non-hydrogen) atoms. The fraction of sp³-hybridized carbons (Fsp3) is 0.611. The van der Waals surface area contributed by atoms with Gasteiger partial charge in [0.05, 0.1) is 0 Å². The first-order valence-electron chi connectivity index (χ1n) is 9.16. The van der Waals surface area contributed by atoms with Crippen LogP contribution in [0.25, 0.3) is 0 Å². The third kappa shape index (κ3) is 2.97. The highest BCUT2D eigenvalue weighted by molar-refractivity contribution is 5.94. The molecule has 2 N–H and O–H groups in total. The molecule has 7 heteroatoms. The van der Waals surface area contributed by atoms with E-state index in [4.69, 9.17) is 0 Å². The highest BCUT2D eigenvalue weighted by atomic mass is 16.3. The van der Waals surface area contributed by atoms with E-state index >= 15 is 0 Å². The number of amides is 1. The molecule has 7 nitrogen and oxygen atoms in total. The van der Waals surface area contributed by atoms with Crippen molar-refractivity contribution in [1.82, 2.24) is 24.6 Å². The number of fused-ring (bicyclic) bond motifs is 1. The lowest BCUT2D eigenvalue weighted by Crippen LogP contribution is -2.42. The Morgan fingerprint density at radius 1 is 1.36 bits per heavy atom. The summed E-state index contributed by atoms with van der Waals surface area (Å²) in [6.07, 6.45) is 8.86. The van der Waals surface area contributed by atoms with Crippen molar-refractivity contribution in [3.8, 4) is 0 Å². The minimum Gasteiger partial charge on any atom is -0.385 e. The van der Waals surface area contributed by atoms with E-state index in [0.717, 1.165) is 56.3 Å². The fourth-order valence-electron chi connectivity index (χ4n) is 4.13. The molecule has 2 unspecified atom stereocenters. The van der Waals surface area contributed by atoms with Crippen LogP contribution in [0.2, 0.25) is 0 Å². The van der Waals surface area contributed by atoms with Gasteiger partial charge in [0.1, 0.15) is 11.9 Å². The molecule has 0 radical (unpaired) electrons. The van der Waals surface area contributed by atoms with Gasteiger partial charge in [0, 0.05) is 49.7 Å². The van der Waals surface area contributed by atoms with E-state index in [1.165, 1.54) is 0 Å². The van der Waals surface area contributed by atoms with Crippen molar-refractivity contribution in [1.29, 1.82) is 0 Å². The summed E-state index contributed by atoms with van der Waals surface area (Å²) in [6, 6.07) is 0. The lowest BCUT2D eigenvalue weighted by Gasteiger charge is -2.34. The lowest BCUT2D eigenvalue weighted by molar-refractivity contribution is 0.0354. The number of piperidine rings is 1. The third-order valence-corrected chi connectivity index (χ3v) is 5.57. The van der Waals surface area contributed by atoms with Gasteiger partial charge in [0.2, 0.25) is 0 Å². The fourth-order valence-corrected chi connectivity index (χ4v) is 4.13. The first kappa shape index (κ1) is 16.3. The summed E-state index contributed by atoms with van der Waals surface area (Å²) in [5.74, 6) is 0.668. The number of aromatic amines is 1.